The summed E-state index contributed by atoms with van der Waals surface area (Å²) in [5.74, 6) is -0.348. The largest absolute Gasteiger partial charge is 0.297 e. The van der Waals surface area contributed by atoms with Crippen LogP contribution in [0.1, 0.15) is 38.7 Å². The molecular formula is C16H21ClFNO. The van der Waals surface area contributed by atoms with Crippen LogP contribution < -0.4 is 0 Å². The summed E-state index contributed by atoms with van der Waals surface area (Å²) in [5, 5.41) is 0.332. The van der Waals surface area contributed by atoms with E-state index < -0.39 is 11.4 Å². The van der Waals surface area contributed by atoms with Crippen LogP contribution in [0, 0.1) is 5.82 Å². The van der Waals surface area contributed by atoms with Crippen LogP contribution in [-0.4, -0.2) is 29.3 Å². The zero-order chi connectivity index (χ0) is 14.8. The Bertz CT molecular complexity index is 479. The fraction of sp³-hybridized carbons (Fsp3) is 0.562. The van der Waals surface area contributed by atoms with E-state index in [0.29, 0.717) is 10.6 Å². The van der Waals surface area contributed by atoms with Crippen molar-refractivity contribution in [1.29, 1.82) is 0 Å². The summed E-state index contributed by atoms with van der Waals surface area (Å²) < 4.78 is 13.8. The number of carbonyl (C=O) groups is 1. The summed E-state index contributed by atoms with van der Waals surface area (Å²) in [7, 11) is 0. The summed E-state index contributed by atoms with van der Waals surface area (Å²) in [6.45, 7) is 5.87. The van der Waals surface area contributed by atoms with Crippen LogP contribution in [0.3, 0.4) is 0 Å². The molecule has 1 heterocycles. The molecule has 4 heteroatoms. The maximum atomic E-state index is 13.8. The van der Waals surface area contributed by atoms with Gasteiger partial charge in [-0.1, -0.05) is 24.6 Å². The van der Waals surface area contributed by atoms with Crippen molar-refractivity contribution in [2.45, 2.75) is 45.1 Å². The molecule has 1 aliphatic heterocycles. The Morgan fingerprint density at radius 3 is 2.60 bits per heavy atom. The van der Waals surface area contributed by atoms with Gasteiger partial charge in [-0.3, -0.25) is 9.69 Å². The molecule has 0 aromatic heterocycles. The summed E-state index contributed by atoms with van der Waals surface area (Å²) >= 11 is 6.02. The molecule has 0 bridgehead atoms. The smallest absolute Gasteiger partial charge is 0.157 e. The Morgan fingerprint density at radius 1 is 1.40 bits per heavy atom. The van der Waals surface area contributed by atoms with E-state index in [0.717, 1.165) is 32.4 Å². The van der Waals surface area contributed by atoms with Crippen molar-refractivity contribution in [3.05, 3.63) is 34.6 Å². The normalized spacial score (nSPS) is 19.0. The van der Waals surface area contributed by atoms with Crippen molar-refractivity contribution in [2.75, 3.05) is 13.1 Å². The predicted molar refractivity (Wildman–Crippen MR) is 79.6 cm³/mol. The molecule has 20 heavy (non-hydrogen) atoms. The first-order valence-corrected chi connectivity index (χ1v) is 7.58. The van der Waals surface area contributed by atoms with Crippen LogP contribution in [0.2, 0.25) is 5.02 Å². The number of carbonyl (C=O) groups excluding carboxylic acids is 1. The lowest BCUT2D eigenvalue weighted by Crippen LogP contribution is -2.51. The Hall–Kier alpha value is -0.930. The maximum Gasteiger partial charge on any atom is 0.157 e. The van der Waals surface area contributed by atoms with E-state index in [1.165, 1.54) is 6.07 Å². The van der Waals surface area contributed by atoms with Crippen molar-refractivity contribution in [2.24, 2.45) is 0 Å². The highest BCUT2D eigenvalue weighted by Gasteiger charge is 2.38. The van der Waals surface area contributed by atoms with Gasteiger partial charge in [0, 0.05) is 17.0 Å². The third-order valence-corrected chi connectivity index (χ3v) is 4.85. The van der Waals surface area contributed by atoms with Gasteiger partial charge in [-0.15, -0.1) is 0 Å². The number of nitrogens with zero attached hydrogens (tertiary/aromatic N) is 1. The lowest BCUT2D eigenvalue weighted by Gasteiger charge is -2.36. The molecule has 0 radical (unpaired) electrons. The summed E-state index contributed by atoms with van der Waals surface area (Å²) in [5.41, 5.74) is -0.194. The first-order valence-electron chi connectivity index (χ1n) is 7.20. The van der Waals surface area contributed by atoms with E-state index in [9.17, 15) is 9.18 Å². The SMILES string of the molecule is CCC(C)(C(=O)Cc1c(F)cccc1Cl)N1CCCC1. The second-order valence-electron chi connectivity index (χ2n) is 5.62. The standard InChI is InChI=1S/C16H21ClFNO/c1-3-16(2,19-9-4-5-10-19)15(20)11-12-13(17)7-6-8-14(12)18/h6-8H,3-5,9-11H2,1-2H3. The average Bonchev–Trinajstić information content (AvgIpc) is 2.96. The summed E-state index contributed by atoms with van der Waals surface area (Å²) in [4.78, 5) is 14.9. The summed E-state index contributed by atoms with van der Waals surface area (Å²) in [6.07, 6.45) is 3.05. The third kappa shape index (κ3) is 2.89. The van der Waals surface area contributed by atoms with E-state index in [1.54, 1.807) is 12.1 Å². The Morgan fingerprint density at radius 2 is 2.05 bits per heavy atom. The van der Waals surface area contributed by atoms with E-state index >= 15 is 0 Å². The number of hydrogen-bond acceptors (Lipinski definition) is 2. The molecule has 1 saturated heterocycles. The lowest BCUT2D eigenvalue weighted by atomic mass is 9.87. The second kappa shape index (κ2) is 6.23. The van der Waals surface area contributed by atoms with Gasteiger partial charge in [-0.25, -0.2) is 4.39 Å². The lowest BCUT2D eigenvalue weighted by molar-refractivity contribution is -0.129. The Labute approximate surface area is 124 Å². The van der Waals surface area contributed by atoms with Crippen LogP contribution in [0.5, 0.6) is 0 Å². The number of benzene rings is 1. The van der Waals surface area contributed by atoms with Crippen molar-refractivity contribution in [3.63, 3.8) is 0 Å². The molecule has 1 aliphatic rings. The third-order valence-electron chi connectivity index (χ3n) is 4.49. The van der Waals surface area contributed by atoms with Crippen LogP contribution >= 0.6 is 11.6 Å². The monoisotopic (exact) mass is 297 g/mol. The first kappa shape index (κ1) is 15.5. The first-order chi connectivity index (χ1) is 9.49. The zero-order valence-corrected chi connectivity index (χ0v) is 12.8. The number of Topliss-reactive ketones (excluding diaryl/α,β-unsaturated/α-hetero) is 1. The van der Waals surface area contributed by atoms with Gasteiger partial charge in [0.2, 0.25) is 0 Å². The van der Waals surface area contributed by atoms with E-state index in [1.807, 2.05) is 13.8 Å². The van der Waals surface area contributed by atoms with Gasteiger partial charge in [0.15, 0.2) is 5.78 Å². The molecular weight excluding hydrogens is 277 g/mol. The second-order valence-corrected chi connectivity index (χ2v) is 6.03. The van der Waals surface area contributed by atoms with Gasteiger partial charge in [0.05, 0.1) is 5.54 Å². The zero-order valence-electron chi connectivity index (χ0n) is 12.1. The van der Waals surface area contributed by atoms with Crippen LogP contribution in [0.15, 0.2) is 18.2 Å². The van der Waals surface area contributed by atoms with Gasteiger partial charge in [-0.05, 0) is 51.4 Å². The van der Waals surface area contributed by atoms with E-state index in [4.69, 9.17) is 11.6 Å². The van der Waals surface area contributed by atoms with Crippen molar-refractivity contribution in [3.8, 4) is 0 Å². The number of ketones is 1. The number of rotatable bonds is 5. The molecule has 1 aromatic carbocycles. The predicted octanol–water partition coefficient (Wildman–Crippen LogP) is 3.86. The molecule has 0 amide bonds. The quantitative estimate of drug-likeness (QED) is 0.822. The molecule has 0 saturated carbocycles. The Balaban J connectivity index is 2.21. The van der Waals surface area contributed by atoms with Crippen molar-refractivity contribution < 1.29 is 9.18 Å². The number of hydrogen-bond donors (Lipinski definition) is 0. The van der Waals surface area contributed by atoms with Gasteiger partial charge in [-0.2, -0.15) is 0 Å². The highest BCUT2D eigenvalue weighted by atomic mass is 35.5. The molecule has 2 nitrogen and oxygen atoms in total. The van der Waals surface area contributed by atoms with Gasteiger partial charge in [0.25, 0.3) is 0 Å². The fourth-order valence-electron chi connectivity index (χ4n) is 2.86. The number of halogens is 2. The molecule has 0 spiro atoms. The van der Waals surface area contributed by atoms with Crippen molar-refractivity contribution in [1.82, 2.24) is 4.90 Å². The molecule has 1 atom stereocenters. The van der Waals surface area contributed by atoms with E-state index in [2.05, 4.69) is 4.90 Å². The van der Waals surface area contributed by atoms with Gasteiger partial charge < -0.3 is 0 Å². The van der Waals surface area contributed by atoms with E-state index in [-0.39, 0.29) is 12.2 Å². The Kier molecular flexibility index (Phi) is 4.82. The summed E-state index contributed by atoms with van der Waals surface area (Å²) in [6, 6.07) is 4.55. The van der Waals surface area contributed by atoms with Crippen molar-refractivity contribution >= 4 is 17.4 Å². The average molecular weight is 298 g/mol. The molecule has 1 unspecified atom stereocenters. The highest BCUT2D eigenvalue weighted by Crippen LogP contribution is 2.29. The van der Waals surface area contributed by atoms with Gasteiger partial charge >= 0.3 is 0 Å². The number of likely N-dealkylation sites (tertiary alicyclic amines) is 1. The van der Waals surface area contributed by atoms with Crippen LogP contribution in [0.25, 0.3) is 0 Å². The topological polar surface area (TPSA) is 20.3 Å². The molecule has 0 N–H and O–H groups in total. The van der Waals surface area contributed by atoms with Crippen LogP contribution in [-0.2, 0) is 11.2 Å². The minimum atomic E-state index is -0.512. The van der Waals surface area contributed by atoms with Gasteiger partial charge in [0.1, 0.15) is 5.82 Å². The van der Waals surface area contributed by atoms with Crippen LogP contribution in [0.4, 0.5) is 4.39 Å². The fourth-order valence-corrected chi connectivity index (χ4v) is 3.09. The minimum absolute atomic E-state index is 0.0499. The molecule has 1 aromatic rings. The molecule has 0 aliphatic carbocycles. The maximum absolute atomic E-state index is 13.8. The molecule has 2 rings (SSSR count). The molecule has 110 valence electrons. The minimum Gasteiger partial charge on any atom is -0.297 e. The molecule has 1 fully saturated rings. The highest BCUT2D eigenvalue weighted by molar-refractivity contribution is 6.31.